The van der Waals surface area contributed by atoms with E-state index in [9.17, 15) is 18.8 Å². The number of carbonyl (C=O) groups is 3. The van der Waals surface area contributed by atoms with Crippen molar-refractivity contribution in [2.75, 3.05) is 31.5 Å². The lowest BCUT2D eigenvalue weighted by Gasteiger charge is -2.34. The fourth-order valence-electron chi connectivity index (χ4n) is 2.45. The van der Waals surface area contributed by atoms with Crippen LogP contribution in [0.5, 0.6) is 0 Å². The predicted molar refractivity (Wildman–Crippen MR) is 88.1 cm³/mol. The Bertz CT molecular complexity index is 645. The fraction of sp³-hybridized carbons (Fsp3) is 0.438. The quantitative estimate of drug-likeness (QED) is 0.896. The third-order valence-corrected chi connectivity index (χ3v) is 4.14. The van der Waals surface area contributed by atoms with Gasteiger partial charge >= 0.3 is 0 Å². The van der Waals surface area contributed by atoms with Crippen LogP contribution < -0.4 is 5.32 Å². The third kappa shape index (κ3) is 4.92. The Morgan fingerprint density at radius 3 is 2.33 bits per heavy atom. The van der Waals surface area contributed by atoms with Gasteiger partial charge in [-0.15, -0.1) is 0 Å². The second kappa shape index (κ2) is 8.10. The normalized spacial score (nSPS) is 14.5. The van der Waals surface area contributed by atoms with E-state index in [1.54, 1.807) is 9.80 Å². The van der Waals surface area contributed by atoms with Gasteiger partial charge in [0, 0.05) is 51.6 Å². The zero-order valence-corrected chi connectivity index (χ0v) is 14.1. The number of amides is 3. The van der Waals surface area contributed by atoms with E-state index < -0.39 is 5.82 Å². The summed E-state index contributed by atoms with van der Waals surface area (Å²) in [6, 6.07) is 3.89. The zero-order valence-electron chi connectivity index (χ0n) is 13.3. The molecule has 0 spiro atoms. The van der Waals surface area contributed by atoms with E-state index in [0.717, 1.165) is 6.07 Å². The molecule has 0 aliphatic carbocycles. The van der Waals surface area contributed by atoms with E-state index in [-0.39, 0.29) is 35.6 Å². The van der Waals surface area contributed by atoms with E-state index >= 15 is 0 Å². The highest BCUT2D eigenvalue weighted by Gasteiger charge is 2.22. The summed E-state index contributed by atoms with van der Waals surface area (Å²) in [5.74, 6) is -1.02. The van der Waals surface area contributed by atoms with E-state index in [1.807, 2.05) is 0 Å². The molecule has 6 nitrogen and oxygen atoms in total. The Kier molecular flexibility index (Phi) is 6.14. The summed E-state index contributed by atoms with van der Waals surface area (Å²) in [7, 11) is 0. The number of halogens is 2. The topological polar surface area (TPSA) is 69.7 Å². The van der Waals surface area contributed by atoms with Crippen molar-refractivity contribution >= 4 is 35.0 Å². The first-order valence-corrected chi connectivity index (χ1v) is 8.03. The Labute approximate surface area is 144 Å². The monoisotopic (exact) mass is 355 g/mol. The van der Waals surface area contributed by atoms with E-state index in [0.29, 0.717) is 31.9 Å². The van der Waals surface area contributed by atoms with Gasteiger partial charge in [-0.1, -0.05) is 11.6 Å². The van der Waals surface area contributed by atoms with Crippen molar-refractivity contribution in [3.8, 4) is 0 Å². The number of hydrogen-bond acceptors (Lipinski definition) is 3. The molecule has 8 heteroatoms. The van der Waals surface area contributed by atoms with Crippen LogP contribution in [-0.4, -0.2) is 53.7 Å². The van der Waals surface area contributed by atoms with Crippen LogP contribution in [0.4, 0.5) is 10.1 Å². The summed E-state index contributed by atoms with van der Waals surface area (Å²) in [4.78, 5) is 38.6. The van der Waals surface area contributed by atoms with Crippen LogP contribution in [-0.2, 0) is 14.4 Å². The number of benzene rings is 1. The number of nitrogens with one attached hydrogen (secondary N) is 1. The van der Waals surface area contributed by atoms with Crippen molar-refractivity contribution < 1.29 is 18.8 Å². The molecule has 1 aliphatic heterocycles. The van der Waals surface area contributed by atoms with Gasteiger partial charge in [-0.25, -0.2) is 4.39 Å². The Hall–Kier alpha value is -2.15. The van der Waals surface area contributed by atoms with Crippen molar-refractivity contribution in [3.63, 3.8) is 0 Å². The molecule has 24 heavy (non-hydrogen) atoms. The van der Waals surface area contributed by atoms with E-state index in [4.69, 9.17) is 11.6 Å². The summed E-state index contributed by atoms with van der Waals surface area (Å²) in [5, 5.41) is 2.50. The lowest BCUT2D eigenvalue weighted by molar-refractivity contribution is -0.138. The Balaban J connectivity index is 1.76. The van der Waals surface area contributed by atoms with Crippen molar-refractivity contribution in [2.45, 2.75) is 19.8 Å². The van der Waals surface area contributed by atoms with Gasteiger partial charge < -0.3 is 15.1 Å². The van der Waals surface area contributed by atoms with Crippen molar-refractivity contribution in [3.05, 3.63) is 29.0 Å². The SMILES string of the molecule is CC(=O)N1CCN(C(=O)CCC(=O)Nc2ccc(F)c(Cl)c2)CC1. The van der Waals surface area contributed by atoms with Crippen LogP contribution in [0.25, 0.3) is 0 Å². The number of hydrogen-bond donors (Lipinski definition) is 1. The number of nitrogens with zero attached hydrogens (tertiary/aromatic N) is 2. The smallest absolute Gasteiger partial charge is 0.224 e. The molecule has 0 bridgehead atoms. The highest BCUT2D eigenvalue weighted by molar-refractivity contribution is 6.31. The van der Waals surface area contributed by atoms with Crippen molar-refractivity contribution in [1.82, 2.24) is 9.80 Å². The lowest BCUT2D eigenvalue weighted by atomic mass is 10.2. The minimum absolute atomic E-state index is 0.000523. The van der Waals surface area contributed by atoms with Gasteiger partial charge in [0.05, 0.1) is 5.02 Å². The lowest BCUT2D eigenvalue weighted by Crippen LogP contribution is -2.50. The molecule has 3 amide bonds. The predicted octanol–water partition coefficient (Wildman–Crippen LogP) is 1.89. The van der Waals surface area contributed by atoms with Crippen molar-refractivity contribution in [1.29, 1.82) is 0 Å². The highest BCUT2D eigenvalue weighted by atomic mass is 35.5. The summed E-state index contributed by atoms with van der Waals surface area (Å²) in [6.45, 7) is 3.49. The van der Waals surface area contributed by atoms with Gasteiger partial charge in [-0.3, -0.25) is 14.4 Å². The minimum Gasteiger partial charge on any atom is -0.339 e. The number of rotatable bonds is 4. The molecule has 1 aliphatic rings. The summed E-state index contributed by atoms with van der Waals surface area (Å²) < 4.78 is 13.1. The summed E-state index contributed by atoms with van der Waals surface area (Å²) >= 11 is 5.65. The molecular formula is C16H19ClFN3O3. The molecule has 1 aromatic carbocycles. The first kappa shape index (κ1) is 18.2. The van der Waals surface area contributed by atoms with Gasteiger partial charge in [0.1, 0.15) is 5.82 Å². The van der Waals surface area contributed by atoms with Gasteiger partial charge in [-0.05, 0) is 18.2 Å². The molecule has 1 N–H and O–H groups in total. The molecular weight excluding hydrogens is 337 g/mol. The van der Waals surface area contributed by atoms with Crippen LogP contribution >= 0.6 is 11.6 Å². The van der Waals surface area contributed by atoms with Crippen LogP contribution in [0.15, 0.2) is 18.2 Å². The molecule has 0 saturated carbocycles. The second-order valence-corrected chi connectivity index (χ2v) is 5.97. The van der Waals surface area contributed by atoms with Gasteiger partial charge in [0.15, 0.2) is 0 Å². The molecule has 0 unspecified atom stereocenters. The average Bonchev–Trinajstić information content (AvgIpc) is 2.56. The molecule has 2 rings (SSSR count). The molecule has 1 fully saturated rings. The largest absolute Gasteiger partial charge is 0.339 e. The first-order valence-electron chi connectivity index (χ1n) is 7.65. The number of piperazine rings is 1. The molecule has 0 atom stereocenters. The molecule has 1 aromatic rings. The molecule has 130 valence electrons. The van der Waals surface area contributed by atoms with Gasteiger partial charge in [0.25, 0.3) is 0 Å². The minimum atomic E-state index is -0.561. The van der Waals surface area contributed by atoms with Crippen molar-refractivity contribution in [2.24, 2.45) is 0 Å². The van der Waals surface area contributed by atoms with Crippen LogP contribution in [0.3, 0.4) is 0 Å². The highest BCUT2D eigenvalue weighted by Crippen LogP contribution is 2.19. The molecule has 1 heterocycles. The fourth-order valence-corrected chi connectivity index (χ4v) is 2.63. The molecule has 1 saturated heterocycles. The summed E-state index contributed by atoms with van der Waals surface area (Å²) in [6.07, 6.45) is 0.113. The molecule has 0 radical (unpaired) electrons. The summed E-state index contributed by atoms with van der Waals surface area (Å²) in [5.41, 5.74) is 0.383. The number of anilines is 1. The van der Waals surface area contributed by atoms with Gasteiger partial charge in [0.2, 0.25) is 17.7 Å². The first-order chi connectivity index (χ1) is 11.4. The average molecular weight is 356 g/mol. The third-order valence-electron chi connectivity index (χ3n) is 3.85. The van der Waals surface area contributed by atoms with Crippen LogP contribution in [0, 0.1) is 5.82 Å². The van der Waals surface area contributed by atoms with Gasteiger partial charge in [-0.2, -0.15) is 0 Å². The van der Waals surface area contributed by atoms with E-state index in [1.165, 1.54) is 19.1 Å². The maximum Gasteiger partial charge on any atom is 0.224 e. The zero-order chi connectivity index (χ0) is 17.7. The van der Waals surface area contributed by atoms with Crippen LogP contribution in [0.1, 0.15) is 19.8 Å². The Morgan fingerprint density at radius 2 is 1.75 bits per heavy atom. The van der Waals surface area contributed by atoms with Crippen LogP contribution in [0.2, 0.25) is 5.02 Å². The Morgan fingerprint density at radius 1 is 1.12 bits per heavy atom. The standard InChI is InChI=1S/C16H19ClFN3O3/c1-11(22)20-6-8-21(9-7-20)16(24)5-4-15(23)19-12-2-3-14(18)13(17)10-12/h2-3,10H,4-9H2,1H3,(H,19,23). The van der Waals surface area contributed by atoms with E-state index in [2.05, 4.69) is 5.32 Å². The maximum absolute atomic E-state index is 13.1. The number of carbonyl (C=O) groups excluding carboxylic acids is 3. The maximum atomic E-state index is 13.1. The molecule has 0 aromatic heterocycles. The second-order valence-electron chi connectivity index (χ2n) is 5.56.